The van der Waals surface area contributed by atoms with Crippen LogP contribution in [0, 0.1) is 0 Å². The summed E-state index contributed by atoms with van der Waals surface area (Å²) in [6, 6.07) is 0. The highest BCUT2D eigenvalue weighted by Crippen LogP contribution is 1.32. The largest absolute Gasteiger partial charge is 0.313 e. The topological polar surface area (TPSA) is 29.1 Å². The van der Waals surface area contributed by atoms with Crippen LogP contribution in [0.3, 0.4) is 0 Å². The first kappa shape index (κ1) is 9.33. The molecule has 0 rings (SSSR count). The summed E-state index contributed by atoms with van der Waals surface area (Å²) in [5.74, 6) is 0. The molecule has 6 heavy (non-hydrogen) atoms. The van der Waals surface area contributed by atoms with Crippen molar-refractivity contribution in [1.29, 1.82) is 0 Å². The molecule has 0 fully saturated rings. The van der Waals surface area contributed by atoms with Crippen LogP contribution in [-0.4, -0.2) is 19.9 Å². The fourth-order valence-corrected chi connectivity index (χ4v) is 0.0833. The Hall–Kier alpha value is -0.0800. The second kappa shape index (κ2) is 8.87. The summed E-state index contributed by atoms with van der Waals surface area (Å²) in [6.07, 6.45) is 0.819. The van der Waals surface area contributed by atoms with E-state index in [0.717, 1.165) is 6.29 Å². The summed E-state index contributed by atoms with van der Waals surface area (Å²) in [6.45, 7) is 0.458. The van der Waals surface area contributed by atoms with Gasteiger partial charge in [-0.3, -0.25) is 0 Å². The van der Waals surface area contributed by atoms with Crippen molar-refractivity contribution in [3.63, 3.8) is 0 Å². The Bertz CT molecular complexity index is 32.0. The molecule has 0 amide bonds. The SMILES string of the molecule is CNCC=O.Cl. The first-order valence-corrected chi connectivity index (χ1v) is 1.50. The number of hydrogen-bond acceptors (Lipinski definition) is 2. The van der Waals surface area contributed by atoms with E-state index >= 15 is 0 Å². The number of nitrogens with one attached hydrogen (secondary N) is 1. The molecule has 0 aliphatic heterocycles. The number of aldehydes is 1. The van der Waals surface area contributed by atoms with E-state index in [0.29, 0.717) is 6.54 Å². The van der Waals surface area contributed by atoms with E-state index in [2.05, 4.69) is 5.32 Å². The maximum Gasteiger partial charge on any atom is 0.133 e. The molecule has 0 aliphatic rings. The Morgan fingerprint density at radius 2 is 2.33 bits per heavy atom. The van der Waals surface area contributed by atoms with Gasteiger partial charge in [0.15, 0.2) is 0 Å². The van der Waals surface area contributed by atoms with Gasteiger partial charge in [0, 0.05) is 0 Å². The highest BCUT2D eigenvalue weighted by molar-refractivity contribution is 5.85. The highest BCUT2D eigenvalue weighted by atomic mass is 35.5. The Balaban J connectivity index is 0. The van der Waals surface area contributed by atoms with Gasteiger partial charge in [-0.2, -0.15) is 0 Å². The van der Waals surface area contributed by atoms with Crippen LogP contribution in [0.15, 0.2) is 0 Å². The van der Waals surface area contributed by atoms with Crippen molar-refractivity contribution < 1.29 is 4.79 Å². The monoisotopic (exact) mass is 109 g/mol. The van der Waals surface area contributed by atoms with Gasteiger partial charge in [-0.1, -0.05) is 0 Å². The van der Waals surface area contributed by atoms with Gasteiger partial charge in [0.25, 0.3) is 0 Å². The molecule has 0 aromatic rings. The van der Waals surface area contributed by atoms with Crippen LogP contribution >= 0.6 is 12.4 Å². The molecular formula is C3H8ClNO. The van der Waals surface area contributed by atoms with Gasteiger partial charge in [-0.25, -0.2) is 0 Å². The molecule has 0 radical (unpaired) electrons. The summed E-state index contributed by atoms with van der Waals surface area (Å²) in [5.41, 5.74) is 0. The lowest BCUT2D eigenvalue weighted by Crippen LogP contribution is -2.07. The van der Waals surface area contributed by atoms with E-state index in [-0.39, 0.29) is 12.4 Å². The lowest BCUT2D eigenvalue weighted by molar-refractivity contribution is -0.107. The summed E-state index contributed by atoms with van der Waals surface area (Å²) < 4.78 is 0. The second-order valence-electron chi connectivity index (χ2n) is 0.724. The minimum absolute atomic E-state index is 0. The van der Waals surface area contributed by atoms with Crippen molar-refractivity contribution in [1.82, 2.24) is 5.32 Å². The number of carbonyl (C=O) groups excluding carboxylic acids is 1. The van der Waals surface area contributed by atoms with E-state index in [9.17, 15) is 4.79 Å². The zero-order valence-corrected chi connectivity index (χ0v) is 4.42. The Morgan fingerprint density at radius 3 is 2.33 bits per heavy atom. The number of likely N-dealkylation sites (N-methyl/N-ethyl adjacent to an activating group) is 1. The van der Waals surface area contributed by atoms with E-state index < -0.39 is 0 Å². The van der Waals surface area contributed by atoms with Gasteiger partial charge in [-0.15, -0.1) is 12.4 Å². The van der Waals surface area contributed by atoms with E-state index in [1.54, 1.807) is 7.05 Å². The van der Waals surface area contributed by atoms with Gasteiger partial charge in [-0.05, 0) is 7.05 Å². The van der Waals surface area contributed by atoms with Crippen LogP contribution in [0.2, 0.25) is 0 Å². The molecule has 0 aromatic carbocycles. The molecule has 0 aliphatic carbocycles. The Kier molecular flexibility index (Phi) is 13.8. The van der Waals surface area contributed by atoms with Crippen LogP contribution in [-0.2, 0) is 4.79 Å². The molecule has 0 bridgehead atoms. The predicted octanol–water partition coefficient (Wildman–Crippen LogP) is -0.174. The van der Waals surface area contributed by atoms with Crippen molar-refractivity contribution in [2.24, 2.45) is 0 Å². The quantitative estimate of drug-likeness (QED) is 0.499. The van der Waals surface area contributed by atoms with Gasteiger partial charge in [0.1, 0.15) is 6.29 Å². The first-order valence-electron chi connectivity index (χ1n) is 1.50. The summed E-state index contributed by atoms with van der Waals surface area (Å²) >= 11 is 0. The van der Waals surface area contributed by atoms with Gasteiger partial charge < -0.3 is 10.1 Å². The third-order valence-electron chi connectivity index (χ3n) is 0.287. The summed E-state index contributed by atoms with van der Waals surface area (Å²) in [4.78, 5) is 9.34. The molecule has 2 nitrogen and oxygen atoms in total. The fraction of sp³-hybridized carbons (Fsp3) is 0.667. The lowest BCUT2D eigenvalue weighted by Gasteiger charge is -1.75. The van der Waals surface area contributed by atoms with Crippen molar-refractivity contribution >= 4 is 18.7 Å². The number of halogens is 1. The van der Waals surface area contributed by atoms with Crippen LogP contribution in [0.4, 0.5) is 0 Å². The second-order valence-corrected chi connectivity index (χ2v) is 0.724. The highest BCUT2D eigenvalue weighted by Gasteiger charge is 1.62. The number of carbonyl (C=O) groups is 1. The minimum Gasteiger partial charge on any atom is -0.313 e. The fourth-order valence-electron chi connectivity index (χ4n) is 0.0833. The van der Waals surface area contributed by atoms with Crippen molar-refractivity contribution in [3.8, 4) is 0 Å². The van der Waals surface area contributed by atoms with Crippen LogP contribution in [0.1, 0.15) is 0 Å². The molecule has 0 unspecified atom stereocenters. The van der Waals surface area contributed by atoms with Gasteiger partial charge in [0.05, 0.1) is 6.54 Å². The Morgan fingerprint density at radius 1 is 1.83 bits per heavy atom. The zero-order valence-electron chi connectivity index (χ0n) is 3.60. The minimum atomic E-state index is 0. The summed E-state index contributed by atoms with van der Waals surface area (Å²) in [5, 5.41) is 2.65. The van der Waals surface area contributed by atoms with E-state index in [1.807, 2.05) is 0 Å². The van der Waals surface area contributed by atoms with Crippen molar-refractivity contribution in [2.75, 3.05) is 13.6 Å². The molecule has 0 heterocycles. The molecule has 0 saturated carbocycles. The van der Waals surface area contributed by atoms with Crippen LogP contribution < -0.4 is 5.32 Å². The van der Waals surface area contributed by atoms with Gasteiger partial charge >= 0.3 is 0 Å². The maximum atomic E-state index is 9.34. The maximum absolute atomic E-state index is 9.34. The molecule has 0 spiro atoms. The van der Waals surface area contributed by atoms with Gasteiger partial charge in [0.2, 0.25) is 0 Å². The normalized spacial score (nSPS) is 6.17. The molecule has 0 saturated heterocycles. The lowest BCUT2D eigenvalue weighted by atomic mass is 10.7. The molecular weight excluding hydrogens is 101 g/mol. The average Bonchev–Trinajstić information content (AvgIpc) is 1.41. The molecule has 38 valence electrons. The third-order valence-corrected chi connectivity index (χ3v) is 0.287. The van der Waals surface area contributed by atoms with Crippen molar-refractivity contribution in [3.05, 3.63) is 0 Å². The molecule has 3 heteroatoms. The van der Waals surface area contributed by atoms with E-state index in [1.165, 1.54) is 0 Å². The Labute approximate surface area is 43.3 Å². The smallest absolute Gasteiger partial charge is 0.133 e. The predicted molar refractivity (Wildman–Crippen MR) is 27.2 cm³/mol. The van der Waals surface area contributed by atoms with Crippen LogP contribution in [0.25, 0.3) is 0 Å². The number of hydrogen-bond donors (Lipinski definition) is 1. The van der Waals surface area contributed by atoms with Crippen molar-refractivity contribution in [2.45, 2.75) is 0 Å². The third kappa shape index (κ3) is 9.07. The first-order chi connectivity index (χ1) is 2.41. The average molecular weight is 110 g/mol. The number of rotatable bonds is 2. The molecule has 0 aromatic heterocycles. The zero-order chi connectivity index (χ0) is 4.12. The standard InChI is InChI=1S/C3H7NO.ClH/c1-4-2-3-5;/h3-4H,2H2,1H3;1H. The summed E-state index contributed by atoms with van der Waals surface area (Å²) in [7, 11) is 1.73. The van der Waals surface area contributed by atoms with E-state index in [4.69, 9.17) is 0 Å². The molecule has 1 N–H and O–H groups in total. The van der Waals surface area contributed by atoms with Crippen LogP contribution in [0.5, 0.6) is 0 Å². The molecule has 0 atom stereocenters.